The number of aliphatic hydroxyl groups excluding tert-OH is 2. The highest BCUT2D eigenvalue weighted by atomic mass is 79.9. The summed E-state index contributed by atoms with van der Waals surface area (Å²) >= 11 is 0. The molecule has 1 unspecified atom stereocenters. The summed E-state index contributed by atoms with van der Waals surface area (Å²) in [6, 6.07) is 0. The van der Waals surface area contributed by atoms with Gasteiger partial charge >= 0.3 is 0 Å². The molecule has 0 saturated heterocycles. The molecular formula is C7H18BrNO2. The molecule has 0 aliphatic rings. The van der Waals surface area contributed by atoms with Gasteiger partial charge in [0.05, 0.1) is 0 Å². The molecule has 0 aromatic rings. The summed E-state index contributed by atoms with van der Waals surface area (Å²) in [5, 5.41) is 20.4. The molecular weight excluding hydrogens is 210 g/mol. The lowest BCUT2D eigenvalue weighted by molar-refractivity contribution is 0.124. The van der Waals surface area contributed by atoms with Crippen LogP contribution in [-0.4, -0.2) is 29.6 Å². The fourth-order valence-corrected chi connectivity index (χ4v) is 0.723. The molecule has 3 nitrogen and oxygen atoms in total. The highest BCUT2D eigenvalue weighted by molar-refractivity contribution is 8.93. The van der Waals surface area contributed by atoms with Crippen LogP contribution < -0.4 is 5.32 Å². The summed E-state index contributed by atoms with van der Waals surface area (Å²) in [4.78, 5) is 0. The van der Waals surface area contributed by atoms with Gasteiger partial charge in [0.2, 0.25) is 0 Å². The van der Waals surface area contributed by atoms with Gasteiger partial charge in [-0.2, -0.15) is 0 Å². The Hall–Kier alpha value is 0.360. The monoisotopic (exact) mass is 227 g/mol. The molecule has 0 bridgehead atoms. The average molecular weight is 228 g/mol. The lowest BCUT2D eigenvalue weighted by atomic mass is 10.3. The quantitative estimate of drug-likeness (QED) is 0.462. The highest BCUT2D eigenvalue weighted by Gasteiger charge is 1.98. The lowest BCUT2D eigenvalue weighted by Gasteiger charge is -2.09. The van der Waals surface area contributed by atoms with Crippen molar-refractivity contribution >= 4 is 17.0 Å². The molecule has 0 heterocycles. The van der Waals surface area contributed by atoms with Crippen molar-refractivity contribution in [1.82, 2.24) is 5.32 Å². The minimum absolute atomic E-state index is 0. The first-order chi connectivity index (χ1) is 4.81. The van der Waals surface area contributed by atoms with Crippen LogP contribution in [-0.2, 0) is 0 Å². The predicted molar refractivity (Wildman–Crippen MR) is 50.9 cm³/mol. The number of hydrogen-bond acceptors (Lipinski definition) is 3. The first-order valence-electron chi connectivity index (χ1n) is 3.83. The van der Waals surface area contributed by atoms with Crippen molar-refractivity contribution < 1.29 is 10.2 Å². The SMILES string of the molecule is Br.CCCC(O)NCCCO. The van der Waals surface area contributed by atoms with Crippen molar-refractivity contribution in [3.8, 4) is 0 Å². The molecule has 0 aromatic carbocycles. The Balaban J connectivity index is 0. The van der Waals surface area contributed by atoms with Gasteiger partial charge < -0.3 is 10.2 Å². The zero-order valence-corrected chi connectivity index (χ0v) is 8.63. The molecule has 0 rings (SSSR count). The Morgan fingerprint density at radius 1 is 1.45 bits per heavy atom. The zero-order valence-electron chi connectivity index (χ0n) is 6.92. The third kappa shape index (κ3) is 10.4. The van der Waals surface area contributed by atoms with Crippen molar-refractivity contribution in [2.45, 2.75) is 32.4 Å². The number of hydrogen-bond donors (Lipinski definition) is 3. The second-order valence-electron chi connectivity index (χ2n) is 2.34. The predicted octanol–water partition coefficient (Wildman–Crippen LogP) is 0.655. The zero-order chi connectivity index (χ0) is 7.82. The van der Waals surface area contributed by atoms with Crippen LogP contribution in [0.2, 0.25) is 0 Å². The molecule has 0 fully saturated rings. The van der Waals surface area contributed by atoms with Crippen LogP contribution in [0.15, 0.2) is 0 Å². The van der Waals surface area contributed by atoms with Crippen LogP contribution in [0.4, 0.5) is 0 Å². The van der Waals surface area contributed by atoms with Gasteiger partial charge in [-0.3, -0.25) is 5.32 Å². The third-order valence-corrected chi connectivity index (χ3v) is 1.28. The summed E-state index contributed by atoms with van der Waals surface area (Å²) in [5.41, 5.74) is 0. The van der Waals surface area contributed by atoms with Crippen molar-refractivity contribution in [3.63, 3.8) is 0 Å². The van der Waals surface area contributed by atoms with Gasteiger partial charge in [-0.1, -0.05) is 13.3 Å². The van der Waals surface area contributed by atoms with Gasteiger partial charge in [-0.25, -0.2) is 0 Å². The fourth-order valence-electron chi connectivity index (χ4n) is 0.723. The van der Waals surface area contributed by atoms with Crippen LogP contribution in [0.1, 0.15) is 26.2 Å². The lowest BCUT2D eigenvalue weighted by Crippen LogP contribution is -2.29. The molecule has 0 aliphatic carbocycles. The molecule has 3 N–H and O–H groups in total. The standard InChI is InChI=1S/C7H17NO2.BrH/c1-2-4-7(10)8-5-3-6-9;/h7-10H,2-6H2,1H3;1H. The Kier molecular flexibility index (Phi) is 13.1. The largest absolute Gasteiger partial charge is 0.396 e. The summed E-state index contributed by atoms with van der Waals surface area (Å²) in [6.07, 6.45) is 2.08. The van der Waals surface area contributed by atoms with E-state index in [1.165, 1.54) is 0 Å². The molecule has 0 saturated carbocycles. The van der Waals surface area contributed by atoms with Gasteiger partial charge in [0.25, 0.3) is 0 Å². The first kappa shape index (κ1) is 13.9. The summed E-state index contributed by atoms with van der Waals surface area (Å²) in [5.74, 6) is 0. The van der Waals surface area contributed by atoms with Crippen molar-refractivity contribution in [3.05, 3.63) is 0 Å². The Morgan fingerprint density at radius 3 is 2.55 bits per heavy atom. The van der Waals surface area contributed by atoms with E-state index in [0.29, 0.717) is 13.0 Å². The first-order valence-corrected chi connectivity index (χ1v) is 3.83. The van der Waals surface area contributed by atoms with Gasteiger partial charge in [0, 0.05) is 6.61 Å². The normalized spacial score (nSPS) is 12.3. The fraction of sp³-hybridized carbons (Fsp3) is 1.00. The minimum atomic E-state index is -0.392. The van der Waals surface area contributed by atoms with Gasteiger partial charge in [-0.05, 0) is 19.4 Å². The average Bonchev–Trinajstić information content (AvgIpc) is 1.89. The molecule has 0 aliphatic heterocycles. The molecule has 4 heteroatoms. The van der Waals surface area contributed by atoms with Crippen LogP contribution in [0, 0.1) is 0 Å². The second-order valence-corrected chi connectivity index (χ2v) is 2.34. The molecule has 0 radical (unpaired) electrons. The molecule has 11 heavy (non-hydrogen) atoms. The number of halogens is 1. The van der Waals surface area contributed by atoms with E-state index >= 15 is 0 Å². The van der Waals surface area contributed by atoms with E-state index in [0.717, 1.165) is 12.8 Å². The Labute approximate surface area is 78.6 Å². The van der Waals surface area contributed by atoms with Crippen molar-refractivity contribution in [1.29, 1.82) is 0 Å². The van der Waals surface area contributed by atoms with E-state index in [1.807, 2.05) is 6.92 Å². The molecule has 0 spiro atoms. The van der Waals surface area contributed by atoms with E-state index in [4.69, 9.17) is 10.2 Å². The van der Waals surface area contributed by atoms with Crippen LogP contribution >= 0.6 is 17.0 Å². The summed E-state index contributed by atoms with van der Waals surface area (Å²) in [6.45, 7) is 2.90. The smallest absolute Gasteiger partial charge is 0.104 e. The highest BCUT2D eigenvalue weighted by Crippen LogP contribution is 1.91. The van der Waals surface area contributed by atoms with Crippen molar-refractivity contribution in [2.75, 3.05) is 13.2 Å². The van der Waals surface area contributed by atoms with Crippen LogP contribution in [0.25, 0.3) is 0 Å². The maximum absolute atomic E-state index is 9.08. The number of nitrogens with one attached hydrogen (secondary N) is 1. The Bertz CT molecular complexity index is 73.5. The van der Waals surface area contributed by atoms with E-state index in [-0.39, 0.29) is 23.6 Å². The van der Waals surface area contributed by atoms with Gasteiger partial charge in [0.1, 0.15) is 6.23 Å². The van der Waals surface area contributed by atoms with E-state index in [9.17, 15) is 0 Å². The minimum Gasteiger partial charge on any atom is -0.396 e. The summed E-state index contributed by atoms with van der Waals surface area (Å²) in [7, 11) is 0. The van der Waals surface area contributed by atoms with Crippen LogP contribution in [0.3, 0.4) is 0 Å². The molecule has 0 amide bonds. The second kappa shape index (κ2) is 10.4. The Morgan fingerprint density at radius 2 is 2.09 bits per heavy atom. The molecule has 1 atom stereocenters. The number of aliphatic hydroxyl groups is 2. The maximum Gasteiger partial charge on any atom is 0.104 e. The molecule has 0 aromatic heterocycles. The van der Waals surface area contributed by atoms with Crippen LogP contribution in [0.5, 0.6) is 0 Å². The van der Waals surface area contributed by atoms with Gasteiger partial charge in [0.15, 0.2) is 0 Å². The third-order valence-electron chi connectivity index (χ3n) is 1.28. The maximum atomic E-state index is 9.08. The van der Waals surface area contributed by atoms with E-state index in [2.05, 4.69) is 5.32 Å². The molecule has 70 valence electrons. The topological polar surface area (TPSA) is 52.5 Å². The van der Waals surface area contributed by atoms with E-state index in [1.54, 1.807) is 0 Å². The van der Waals surface area contributed by atoms with Gasteiger partial charge in [-0.15, -0.1) is 17.0 Å². The number of rotatable bonds is 6. The summed E-state index contributed by atoms with van der Waals surface area (Å²) < 4.78 is 0. The van der Waals surface area contributed by atoms with Crippen molar-refractivity contribution in [2.24, 2.45) is 0 Å². The van der Waals surface area contributed by atoms with E-state index < -0.39 is 6.23 Å².